The number of rotatable bonds is 2. The first kappa shape index (κ1) is 9.20. The van der Waals surface area contributed by atoms with Gasteiger partial charge in [-0.05, 0) is 43.4 Å². The normalized spacial score (nSPS) is 21.2. The highest BCUT2D eigenvalue weighted by molar-refractivity contribution is 9.10. The lowest BCUT2D eigenvalue weighted by Crippen LogP contribution is -2.17. The second-order valence-corrected chi connectivity index (χ2v) is 4.77. The molecule has 1 aliphatic rings. The van der Waals surface area contributed by atoms with Crippen LogP contribution in [0.25, 0.3) is 0 Å². The molecule has 0 spiro atoms. The van der Waals surface area contributed by atoms with Gasteiger partial charge in [0.15, 0.2) is 0 Å². The summed E-state index contributed by atoms with van der Waals surface area (Å²) in [6, 6.07) is 7.52. The van der Waals surface area contributed by atoms with E-state index in [9.17, 15) is 4.39 Å². The molecular weight excluding hydrogens is 231 g/mol. The first-order chi connectivity index (χ1) is 6.10. The van der Waals surface area contributed by atoms with Crippen LogP contribution in [0.5, 0.6) is 0 Å². The lowest BCUT2D eigenvalue weighted by Gasteiger charge is -2.20. The van der Waals surface area contributed by atoms with Crippen molar-refractivity contribution >= 4 is 15.9 Å². The van der Waals surface area contributed by atoms with Crippen molar-refractivity contribution in [3.05, 3.63) is 34.3 Å². The average Bonchev–Trinajstić information content (AvgIpc) is 2.87. The molecule has 0 nitrogen and oxygen atoms in total. The van der Waals surface area contributed by atoms with Crippen molar-refractivity contribution in [3.63, 3.8) is 0 Å². The Bertz CT molecular complexity index is 298. The Hall–Kier alpha value is -0.370. The Labute approximate surface area is 86.3 Å². The summed E-state index contributed by atoms with van der Waals surface area (Å²) in [6.07, 6.45) is 2.06. The lowest BCUT2D eigenvalue weighted by molar-refractivity contribution is 0.158. The minimum absolute atomic E-state index is 0.244. The molecular formula is C11H12BrF. The van der Waals surface area contributed by atoms with E-state index < -0.39 is 5.67 Å². The van der Waals surface area contributed by atoms with Gasteiger partial charge in [0.25, 0.3) is 0 Å². The predicted octanol–water partition coefficient (Wildman–Crippen LogP) is 4.04. The number of benzene rings is 1. The van der Waals surface area contributed by atoms with E-state index in [1.165, 1.54) is 0 Å². The quantitative estimate of drug-likeness (QED) is 0.735. The van der Waals surface area contributed by atoms with Gasteiger partial charge in [-0.2, -0.15) is 0 Å². The zero-order chi connectivity index (χ0) is 9.47. The molecule has 1 aromatic carbocycles. The van der Waals surface area contributed by atoms with Gasteiger partial charge in [-0.1, -0.05) is 28.1 Å². The number of alkyl halides is 1. The summed E-state index contributed by atoms with van der Waals surface area (Å²) in [7, 11) is 0. The van der Waals surface area contributed by atoms with Crippen LogP contribution in [0, 0.1) is 5.92 Å². The van der Waals surface area contributed by atoms with Gasteiger partial charge in [0.1, 0.15) is 5.67 Å². The van der Waals surface area contributed by atoms with Crippen molar-refractivity contribution < 1.29 is 4.39 Å². The lowest BCUT2D eigenvalue weighted by atomic mass is 9.93. The summed E-state index contributed by atoms with van der Waals surface area (Å²) < 4.78 is 15.1. The van der Waals surface area contributed by atoms with Crippen molar-refractivity contribution in [1.82, 2.24) is 0 Å². The van der Waals surface area contributed by atoms with Crippen molar-refractivity contribution in [2.45, 2.75) is 25.4 Å². The Kier molecular flexibility index (Phi) is 2.18. The van der Waals surface area contributed by atoms with Crippen LogP contribution in [-0.2, 0) is 5.67 Å². The molecule has 0 aromatic heterocycles. The van der Waals surface area contributed by atoms with Crippen molar-refractivity contribution in [2.75, 3.05) is 0 Å². The van der Waals surface area contributed by atoms with Crippen molar-refractivity contribution in [3.8, 4) is 0 Å². The van der Waals surface area contributed by atoms with Crippen LogP contribution < -0.4 is 0 Å². The molecule has 1 fully saturated rings. The first-order valence-electron chi connectivity index (χ1n) is 4.55. The van der Waals surface area contributed by atoms with Crippen LogP contribution in [-0.4, -0.2) is 0 Å². The van der Waals surface area contributed by atoms with E-state index in [4.69, 9.17) is 0 Å². The summed E-state index contributed by atoms with van der Waals surface area (Å²) in [6.45, 7) is 1.69. The molecule has 0 saturated heterocycles. The molecule has 0 bridgehead atoms. The third-order valence-electron chi connectivity index (χ3n) is 2.75. The van der Waals surface area contributed by atoms with Gasteiger partial charge in [0, 0.05) is 4.47 Å². The molecule has 13 heavy (non-hydrogen) atoms. The molecule has 1 aromatic rings. The van der Waals surface area contributed by atoms with Crippen LogP contribution >= 0.6 is 15.9 Å². The molecule has 70 valence electrons. The van der Waals surface area contributed by atoms with Gasteiger partial charge in [0.2, 0.25) is 0 Å². The average molecular weight is 243 g/mol. The van der Waals surface area contributed by atoms with E-state index in [0.29, 0.717) is 0 Å². The second kappa shape index (κ2) is 3.09. The standard InChI is InChI=1S/C11H12BrF/c1-11(13,8-2-3-8)9-4-6-10(12)7-5-9/h4-8H,2-3H2,1H3. The van der Waals surface area contributed by atoms with E-state index in [-0.39, 0.29) is 5.92 Å². The van der Waals surface area contributed by atoms with Crippen LogP contribution in [0.3, 0.4) is 0 Å². The topological polar surface area (TPSA) is 0 Å². The molecule has 1 aliphatic carbocycles. The molecule has 0 aliphatic heterocycles. The van der Waals surface area contributed by atoms with Gasteiger partial charge in [-0.3, -0.25) is 0 Å². The number of halogens is 2. The highest BCUT2D eigenvalue weighted by atomic mass is 79.9. The van der Waals surface area contributed by atoms with E-state index in [0.717, 1.165) is 22.9 Å². The van der Waals surface area contributed by atoms with Crippen molar-refractivity contribution in [1.29, 1.82) is 0 Å². The van der Waals surface area contributed by atoms with E-state index >= 15 is 0 Å². The summed E-state index contributed by atoms with van der Waals surface area (Å²) in [5.41, 5.74) is -0.320. The number of hydrogen-bond donors (Lipinski definition) is 0. The van der Waals surface area contributed by atoms with Crippen molar-refractivity contribution in [2.24, 2.45) is 5.92 Å². The smallest absolute Gasteiger partial charge is 0.136 e. The molecule has 0 amide bonds. The van der Waals surface area contributed by atoms with Crippen LogP contribution in [0.15, 0.2) is 28.7 Å². The van der Waals surface area contributed by atoms with E-state index in [2.05, 4.69) is 15.9 Å². The molecule has 0 radical (unpaired) electrons. The molecule has 2 heteroatoms. The largest absolute Gasteiger partial charge is 0.239 e. The maximum Gasteiger partial charge on any atom is 0.136 e. The molecule has 0 heterocycles. The maximum atomic E-state index is 14.1. The Balaban J connectivity index is 2.28. The Morgan fingerprint density at radius 3 is 2.31 bits per heavy atom. The monoisotopic (exact) mass is 242 g/mol. The molecule has 2 rings (SSSR count). The highest BCUT2D eigenvalue weighted by Gasteiger charge is 2.42. The van der Waals surface area contributed by atoms with Crippen LogP contribution in [0.2, 0.25) is 0 Å². The maximum absolute atomic E-state index is 14.1. The predicted molar refractivity (Wildman–Crippen MR) is 55.3 cm³/mol. The van der Waals surface area contributed by atoms with Crippen LogP contribution in [0.1, 0.15) is 25.3 Å². The minimum atomic E-state index is -1.12. The summed E-state index contributed by atoms with van der Waals surface area (Å²) >= 11 is 3.34. The van der Waals surface area contributed by atoms with Gasteiger partial charge >= 0.3 is 0 Å². The minimum Gasteiger partial charge on any atom is -0.239 e. The van der Waals surface area contributed by atoms with Gasteiger partial charge < -0.3 is 0 Å². The zero-order valence-electron chi connectivity index (χ0n) is 7.56. The molecule has 1 atom stereocenters. The zero-order valence-corrected chi connectivity index (χ0v) is 9.14. The fraction of sp³-hybridized carbons (Fsp3) is 0.455. The molecule has 1 saturated carbocycles. The van der Waals surface area contributed by atoms with Gasteiger partial charge in [0.05, 0.1) is 0 Å². The fourth-order valence-electron chi connectivity index (χ4n) is 1.64. The van der Waals surface area contributed by atoms with Gasteiger partial charge in [-0.25, -0.2) is 4.39 Å². The SMILES string of the molecule is CC(F)(c1ccc(Br)cc1)C1CC1. The number of hydrogen-bond acceptors (Lipinski definition) is 0. The van der Waals surface area contributed by atoms with E-state index in [1.807, 2.05) is 24.3 Å². The van der Waals surface area contributed by atoms with Gasteiger partial charge in [-0.15, -0.1) is 0 Å². The fourth-order valence-corrected chi connectivity index (χ4v) is 1.90. The third kappa shape index (κ3) is 1.78. The highest BCUT2D eigenvalue weighted by Crippen LogP contribution is 2.48. The summed E-state index contributed by atoms with van der Waals surface area (Å²) in [5.74, 6) is 0.244. The third-order valence-corrected chi connectivity index (χ3v) is 3.28. The van der Waals surface area contributed by atoms with Crippen LogP contribution in [0.4, 0.5) is 4.39 Å². The Morgan fingerprint density at radius 1 is 1.31 bits per heavy atom. The second-order valence-electron chi connectivity index (χ2n) is 3.86. The summed E-state index contributed by atoms with van der Waals surface area (Å²) in [5, 5.41) is 0. The molecule has 1 unspecified atom stereocenters. The molecule has 0 N–H and O–H groups in total. The summed E-state index contributed by atoms with van der Waals surface area (Å²) in [4.78, 5) is 0. The first-order valence-corrected chi connectivity index (χ1v) is 5.35. The van der Waals surface area contributed by atoms with E-state index in [1.54, 1.807) is 6.92 Å². The Morgan fingerprint density at radius 2 is 1.85 bits per heavy atom.